The van der Waals surface area contributed by atoms with Gasteiger partial charge in [-0.1, -0.05) is 33.2 Å². The quantitative estimate of drug-likeness (QED) is 0.909. The average Bonchev–Trinajstić information content (AvgIpc) is 2.71. The summed E-state index contributed by atoms with van der Waals surface area (Å²) in [4.78, 5) is 2.11. The number of rotatable bonds is 5. The topological polar surface area (TPSA) is 49.5 Å². The van der Waals surface area contributed by atoms with E-state index in [0.29, 0.717) is 6.54 Å². The molecular weight excluding hydrogens is 320 g/mol. The average molecular weight is 339 g/mol. The van der Waals surface area contributed by atoms with Gasteiger partial charge in [0.05, 0.1) is 18.3 Å². The van der Waals surface area contributed by atoms with Crippen molar-refractivity contribution in [2.75, 3.05) is 13.7 Å². The van der Waals surface area contributed by atoms with Crippen molar-refractivity contribution in [3.05, 3.63) is 51.3 Å². The molecule has 0 bridgehead atoms. The van der Waals surface area contributed by atoms with Crippen molar-refractivity contribution in [3.63, 3.8) is 0 Å². The molecule has 0 aliphatic carbocycles. The number of nitrogens with zero attached hydrogens (tertiary/aromatic N) is 2. The summed E-state index contributed by atoms with van der Waals surface area (Å²) in [6, 6.07) is 7.96. The number of aryl methyl sites for hydroxylation is 2. The zero-order valence-electron chi connectivity index (χ0n) is 11.9. The standard InChI is InChI=1S/C15H19BrN2O2/c1-10-14(11(2)20-17-10)8-18(3)15(9-19)12-5-4-6-13(16)7-12/h4-7,15,19H,8-9H2,1-3H3. The number of aliphatic hydroxyl groups is 1. The van der Waals surface area contributed by atoms with Crippen molar-refractivity contribution in [2.45, 2.75) is 26.4 Å². The summed E-state index contributed by atoms with van der Waals surface area (Å²) < 4.78 is 6.20. The highest BCUT2D eigenvalue weighted by Gasteiger charge is 2.19. The Kier molecular flexibility index (Phi) is 4.96. The molecular formula is C15H19BrN2O2. The first-order chi connectivity index (χ1) is 9.52. The van der Waals surface area contributed by atoms with E-state index in [0.717, 1.165) is 27.1 Å². The Balaban J connectivity index is 2.20. The highest BCUT2D eigenvalue weighted by atomic mass is 79.9. The van der Waals surface area contributed by atoms with Gasteiger partial charge in [0.15, 0.2) is 0 Å². The van der Waals surface area contributed by atoms with Crippen LogP contribution in [0.3, 0.4) is 0 Å². The fourth-order valence-corrected chi connectivity index (χ4v) is 2.72. The smallest absolute Gasteiger partial charge is 0.138 e. The molecule has 20 heavy (non-hydrogen) atoms. The van der Waals surface area contributed by atoms with E-state index < -0.39 is 0 Å². The first-order valence-electron chi connectivity index (χ1n) is 6.51. The van der Waals surface area contributed by atoms with E-state index in [1.807, 2.05) is 45.2 Å². The van der Waals surface area contributed by atoms with E-state index in [1.165, 1.54) is 0 Å². The summed E-state index contributed by atoms with van der Waals surface area (Å²) in [6.45, 7) is 4.61. The normalized spacial score (nSPS) is 12.9. The minimum absolute atomic E-state index is 0.0544. The van der Waals surface area contributed by atoms with Crippen molar-refractivity contribution in [1.29, 1.82) is 0 Å². The maximum Gasteiger partial charge on any atom is 0.138 e. The Morgan fingerprint density at radius 3 is 2.70 bits per heavy atom. The van der Waals surface area contributed by atoms with E-state index in [4.69, 9.17) is 4.52 Å². The number of hydrogen-bond donors (Lipinski definition) is 1. The fraction of sp³-hybridized carbons (Fsp3) is 0.400. The maximum atomic E-state index is 9.71. The number of halogens is 1. The molecule has 0 radical (unpaired) electrons. The van der Waals surface area contributed by atoms with Gasteiger partial charge < -0.3 is 9.63 Å². The summed E-state index contributed by atoms with van der Waals surface area (Å²) in [5.41, 5.74) is 3.07. The van der Waals surface area contributed by atoms with Crippen LogP contribution in [-0.2, 0) is 6.54 Å². The van der Waals surface area contributed by atoms with Crippen molar-refractivity contribution in [1.82, 2.24) is 10.1 Å². The largest absolute Gasteiger partial charge is 0.394 e. The van der Waals surface area contributed by atoms with E-state index in [1.54, 1.807) is 0 Å². The van der Waals surface area contributed by atoms with Crippen LogP contribution in [0.25, 0.3) is 0 Å². The van der Waals surface area contributed by atoms with Gasteiger partial charge in [-0.15, -0.1) is 0 Å². The molecule has 5 heteroatoms. The van der Waals surface area contributed by atoms with Crippen LogP contribution in [-0.4, -0.2) is 28.8 Å². The van der Waals surface area contributed by atoms with Crippen LogP contribution in [0, 0.1) is 13.8 Å². The van der Waals surface area contributed by atoms with Crippen molar-refractivity contribution >= 4 is 15.9 Å². The minimum atomic E-state index is -0.0544. The second-order valence-corrected chi connectivity index (χ2v) is 5.89. The predicted molar refractivity (Wildman–Crippen MR) is 81.4 cm³/mol. The summed E-state index contributed by atoms with van der Waals surface area (Å²) in [5.74, 6) is 0.834. The lowest BCUT2D eigenvalue weighted by Crippen LogP contribution is -2.27. The van der Waals surface area contributed by atoms with Crippen LogP contribution in [0.4, 0.5) is 0 Å². The van der Waals surface area contributed by atoms with Crippen LogP contribution < -0.4 is 0 Å². The Morgan fingerprint density at radius 2 is 2.15 bits per heavy atom. The maximum absolute atomic E-state index is 9.71. The van der Waals surface area contributed by atoms with E-state index in [2.05, 4.69) is 26.0 Å². The van der Waals surface area contributed by atoms with E-state index >= 15 is 0 Å². The van der Waals surface area contributed by atoms with Gasteiger partial charge in [0, 0.05) is 16.6 Å². The van der Waals surface area contributed by atoms with Gasteiger partial charge in [-0.3, -0.25) is 4.90 Å². The van der Waals surface area contributed by atoms with Gasteiger partial charge in [0.25, 0.3) is 0 Å². The van der Waals surface area contributed by atoms with E-state index in [9.17, 15) is 5.11 Å². The molecule has 1 N–H and O–H groups in total. The number of benzene rings is 1. The van der Waals surface area contributed by atoms with Gasteiger partial charge in [0.2, 0.25) is 0 Å². The SMILES string of the molecule is Cc1noc(C)c1CN(C)C(CO)c1cccc(Br)c1. The van der Waals surface area contributed by atoms with Crippen LogP contribution >= 0.6 is 15.9 Å². The summed E-state index contributed by atoms with van der Waals surface area (Å²) in [6.07, 6.45) is 0. The number of aliphatic hydroxyl groups excluding tert-OH is 1. The number of aromatic nitrogens is 1. The Morgan fingerprint density at radius 1 is 1.40 bits per heavy atom. The molecule has 0 aliphatic heterocycles. The molecule has 108 valence electrons. The molecule has 0 saturated heterocycles. The van der Waals surface area contributed by atoms with Crippen molar-refractivity contribution in [2.24, 2.45) is 0 Å². The molecule has 1 unspecified atom stereocenters. The van der Waals surface area contributed by atoms with Gasteiger partial charge in [-0.2, -0.15) is 0 Å². The molecule has 2 rings (SSSR count). The second-order valence-electron chi connectivity index (χ2n) is 4.97. The minimum Gasteiger partial charge on any atom is -0.394 e. The molecule has 0 fully saturated rings. The number of likely N-dealkylation sites (N-methyl/N-ethyl adjacent to an activating group) is 1. The lowest BCUT2D eigenvalue weighted by atomic mass is 10.1. The predicted octanol–water partition coefficient (Wildman–Crippen LogP) is 3.22. The molecule has 4 nitrogen and oxygen atoms in total. The highest BCUT2D eigenvalue weighted by molar-refractivity contribution is 9.10. The first kappa shape index (κ1) is 15.2. The molecule has 1 heterocycles. The molecule has 1 aromatic heterocycles. The third kappa shape index (κ3) is 3.29. The summed E-state index contributed by atoms with van der Waals surface area (Å²) in [7, 11) is 1.99. The van der Waals surface area contributed by atoms with Crippen molar-refractivity contribution < 1.29 is 9.63 Å². The van der Waals surface area contributed by atoms with Crippen molar-refractivity contribution in [3.8, 4) is 0 Å². The Labute approximate surface area is 127 Å². The molecule has 0 aliphatic rings. The lowest BCUT2D eigenvalue weighted by molar-refractivity contribution is 0.142. The van der Waals surface area contributed by atoms with Crippen LogP contribution in [0.15, 0.2) is 33.3 Å². The zero-order chi connectivity index (χ0) is 14.7. The third-order valence-electron chi connectivity index (χ3n) is 3.53. The lowest BCUT2D eigenvalue weighted by Gasteiger charge is -2.27. The molecule has 0 spiro atoms. The van der Waals surface area contributed by atoms with Crippen LogP contribution in [0.2, 0.25) is 0 Å². The van der Waals surface area contributed by atoms with Gasteiger partial charge in [0.1, 0.15) is 5.76 Å². The summed E-state index contributed by atoms with van der Waals surface area (Å²) >= 11 is 3.47. The first-order valence-corrected chi connectivity index (χ1v) is 7.30. The third-order valence-corrected chi connectivity index (χ3v) is 4.02. The van der Waals surface area contributed by atoms with E-state index in [-0.39, 0.29) is 12.6 Å². The van der Waals surface area contributed by atoms with Gasteiger partial charge in [-0.05, 0) is 38.6 Å². The second kappa shape index (κ2) is 6.52. The molecule has 0 saturated carbocycles. The molecule has 1 aromatic carbocycles. The van der Waals surface area contributed by atoms with Gasteiger partial charge in [-0.25, -0.2) is 0 Å². The monoisotopic (exact) mass is 338 g/mol. The van der Waals surface area contributed by atoms with Gasteiger partial charge >= 0.3 is 0 Å². The molecule has 0 amide bonds. The molecule has 2 aromatic rings. The Hall–Kier alpha value is -1.17. The zero-order valence-corrected chi connectivity index (χ0v) is 13.5. The van der Waals surface area contributed by atoms with Crippen LogP contribution in [0.1, 0.15) is 28.6 Å². The Bertz CT molecular complexity index is 564. The highest BCUT2D eigenvalue weighted by Crippen LogP contribution is 2.25. The molecule has 1 atom stereocenters. The number of hydrogen-bond acceptors (Lipinski definition) is 4. The summed E-state index contributed by atoms with van der Waals surface area (Å²) in [5, 5.41) is 13.7. The fourth-order valence-electron chi connectivity index (χ4n) is 2.30. The van der Waals surface area contributed by atoms with Crippen LogP contribution in [0.5, 0.6) is 0 Å².